The zero-order chi connectivity index (χ0) is 15.1. The summed E-state index contributed by atoms with van der Waals surface area (Å²) in [7, 11) is 0. The molecule has 2 aromatic carbocycles. The molecule has 0 aliphatic heterocycles. The fourth-order valence-electron chi connectivity index (χ4n) is 1.86. The normalized spacial score (nSPS) is 10.2. The second-order valence-electron chi connectivity index (χ2n) is 4.44. The van der Waals surface area contributed by atoms with Crippen molar-refractivity contribution in [2.45, 2.75) is 13.3 Å². The van der Waals surface area contributed by atoms with Crippen LogP contribution in [0.5, 0.6) is 11.5 Å². The van der Waals surface area contributed by atoms with E-state index in [0.29, 0.717) is 17.9 Å². The van der Waals surface area contributed by atoms with E-state index >= 15 is 0 Å². The van der Waals surface area contributed by atoms with E-state index in [4.69, 9.17) is 9.47 Å². The maximum absolute atomic E-state index is 12.8. The largest absolute Gasteiger partial charge is 0.494 e. The van der Waals surface area contributed by atoms with E-state index in [0.717, 1.165) is 5.75 Å². The highest BCUT2D eigenvalue weighted by Gasteiger charge is 2.06. The van der Waals surface area contributed by atoms with Crippen molar-refractivity contribution >= 4 is 5.78 Å². The Hall–Kier alpha value is -2.36. The van der Waals surface area contributed by atoms with Crippen molar-refractivity contribution in [3.8, 4) is 11.5 Å². The van der Waals surface area contributed by atoms with Crippen molar-refractivity contribution in [2.24, 2.45) is 0 Å². The van der Waals surface area contributed by atoms with Crippen LogP contribution in [0.1, 0.15) is 23.7 Å². The number of ketones is 1. The number of Topliss-reactive ketones (excluding diaryl/α,β-unsaturated/α-hetero) is 1. The molecule has 2 aromatic rings. The van der Waals surface area contributed by atoms with Gasteiger partial charge in [-0.1, -0.05) is 6.07 Å². The van der Waals surface area contributed by atoms with Crippen LogP contribution in [0.3, 0.4) is 0 Å². The van der Waals surface area contributed by atoms with Gasteiger partial charge in [-0.2, -0.15) is 0 Å². The van der Waals surface area contributed by atoms with Crippen LogP contribution in [0.4, 0.5) is 4.39 Å². The van der Waals surface area contributed by atoms with Gasteiger partial charge in [0.05, 0.1) is 13.2 Å². The van der Waals surface area contributed by atoms with Gasteiger partial charge in [-0.3, -0.25) is 4.79 Å². The smallest absolute Gasteiger partial charge is 0.166 e. The zero-order valence-electron chi connectivity index (χ0n) is 11.8. The molecular formula is C17H17FO3. The number of halogens is 1. The first kappa shape index (κ1) is 15.0. The predicted octanol–water partition coefficient (Wildman–Crippen LogP) is 3.88. The van der Waals surface area contributed by atoms with Crippen LogP contribution in [-0.2, 0) is 0 Å². The summed E-state index contributed by atoms with van der Waals surface area (Å²) in [6, 6.07) is 12.8. The highest BCUT2D eigenvalue weighted by Crippen LogP contribution is 2.19. The number of carbonyl (C=O) groups excluding carboxylic acids is 1. The van der Waals surface area contributed by atoms with E-state index in [1.807, 2.05) is 25.1 Å². The third-order valence-electron chi connectivity index (χ3n) is 2.88. The highest BCUT2D eigenvalue weighted by molar-refractivity contribution is 5.96. The molecule has 0 spiro atoms. The first-order valence-corrected chi connectivity index (χ1v) is 6.83. The minimum atomic E-state index is -0.351. The molecule has 0 aliphatic carbocycles. The third kappa shape index (κ3) is 4.60. The molecule has 0 fully saturated rings. The summed E-state index contributed by atoms with van der Waals surface area (Å²) < 4.78 is 23.7. The van der Waals surface area contributed by atoms with Crippen molar-refractivity contribution in [2.75, 3.05) is 13.2 Å². The van der Waals surface area contributed by atoms with Gasteiger partial charge in [0.2, 0.25) is 0 Å². The lowest BCUT2D eigenvalue weighted by Gasteiger charge is -2.08. The molecule has 2 rings (SSSR count). The van der Waals surface area contributed by atoms with E-state index in [-0.39, 0.29) is 24.6 Å². The molecule has 3 nitrogen and oxygen atoms in total. The SMILES string of the molecule is CCOc1cccc(OCCC(=O)c2ccc(F)cc2)c1. The lowest BCUT2D eigenvalue weighted by Crippen LogP contribution is -2.06. The monoisotopic (exact) mass is 288 g/mol. The van der Waals surface area contributed by atoms with Crippen molar-refractivity contribution < 1.29 is 18.7 Å². The summed E-state index contributed by atoms with van der Waals surface area (Å²) in [5, 5.41) is 0. The van der Waals surface area contributed by atoms with Gasteiger partial charge >= 0.3 is 0 Å². The fourth-order valence-corrected chi connectivity index (χ4v) is 1.86. The van der Waals surface area contributed by atoms with E-state index in [2.05, 4.69) is 0 Å². The van der Waals surface area contributed by atoms with E-state index in [9.17, 15) is 9.18 Å². The van der Waals surface area contributed by atoms with Gasteiger partial charge < -0.3 is 9.47 Å². The molecule has 0 atom stereocenters. The topological polar surface area (TPSA) is 35.5 Å². The van der Waals surface area contributed by atoms with Crippen molar-refractivity contribution in [3.05, 3.63) is 59.9 Å². The van der Waals surface area contributed by atoms with Crippen LogP contribution >= 0.6 is 0 Å². The predicted molar refractivity (Wildman–Crippen MR) is 78.5 cm³/mol. The molecule has 0 saturated carbocycles. The minimum absolute atomic E-state index is 0.0732. The number of carbonyl (C=O) groups is 1. The quantitative estimate of drug-likeness (QED) is 0.725. The standard InChI is InChI=1S/C17H17FO3/c1-2-20-15-4-3-5-16(12-15)21-11-10-17(19)13-6-8-14(18)9-7-13/h3-9,12H,2,10-11H2,1H3. The molecule has 110 valence electrons. The molecule has 0 amide bonds. The maximum atomic E-state index is 12.8. The maximum Gasteiger partial charge on any atom is 0.166 e. The van der Waals surface area contributed by atoms with Crippen molar-refractivity contribution in [3.63, 3.8) is 0 Å². The minimum Gasteiger partial charge on any atom is -0.494 e. The number of hydrogen-bond donors (Lipinski definition) is 0. The molecule has 0 aromatic heterocycles. The molecule has 0 radical (unpaired) electrons. The zero-order valence-corrected chi connectivity index (χ0v) is 11.8. The Balaban J connectivity index is 1.85. The summed E-state index contributed by atoms with van der Waals surface area (Å²) >= 11 is 0. The highest BCUT2D eigenvalue weighted by atomic mass is 19.1. The summed E-state index contributed by atoms with van der Waals surface area (Å²) in [5.41, 5.74) is 0.489. The number of ether oxygens (including phenoxy) is 2. The summed E-state index contributed by atoms with van der Waals surface area (Å²) in [6.45, 7) is 2.77. The lowest BCUT2D eigenvalue weighted by molar-refractivity contribution is 0.0962. The second-order valence-corrected chi connectivity index (χ2v) is 4.44. The lowest BCUT2D eigenvalue weighted by atomic mass is 10.1. The first-order valence-electron chi connectivity index (χ1n) is 6.83. The second kappa shape index (κ2) is 7.43. The fraction of sp³-hybridized carbons (Fsp3) is 0.235. The van der Waals surface area contributed by atoms with Crippen molar-refractivity contribution in [1.29, 1.82) is 0 Å². The van der Waals surface area contributed by atoms with Gasteiger partial charge in [-0.25, -0.2) is 4.39 Å². The Morgan fingerprint density at radius 3 is 2.38 bits per heavy atom. The van der Waals surface area contributed by atoms with Gasteiger partial charge in [0.25, 0.3) is 0 Å². The van der Waals surface area contributed by atoms with Crippen LogP contribution in [0, 0.1) is 5.82 Å². The number of benzene rings is 2. The Labute approximate surface area is 123 Å². The van der Waals surface area contributed by atoms with Gasteiger partial charge in [-0.05, 0) is 43.3 Å². The first-order chi connectivity index (χ1) is 10.2. The van der Waals surface area contributed by atoms with Crippen molar-refractivity contribution in [1.82, 2.24) is 0 Å². The Morgan fingerprint density at radius 2 is 1.71 bits per heavy atom. The molecule has 0 N–H and O–H groups in total. The van der Waals surface area contributed by atoms with E-state index < -0.39 is 0 Å². The van der Waals surface area contributed by atoms with Crippen LogP contribution in [-0.4, -0.2) is 19.0 Å². The summed E-state index contributed by atoms with van der Waals surface area (Å²) in [4.78, 5) is 11.9. The number of hydrogen-bond acceptors (Lipinski definition) is 3. The van der Waals surface area contributed by atoms with Gasteiger partial charge in [-0.15, -0.1) is 0 Å². The molecule has 0 saturated heterocycles. The average Bonchev–Trinajstić information content (AvgIpc) is 2.48. The number of rotatable bonds is 7. The van der Waals surface area contributed by atoms with Crippen LogP contribution in [0.2, 0.25) is 0 Å². The van der Waals surface area contributed by atoms with Crippen LogP contribution < -0.4 is 9.47 Å². The average molecular weight is 288 g/mol. The van der Waals surface area contributed by atoms with Crippen LogP contribution in [0.15, 0.2) is 48.5 Å². The van der Waals surface area contributed by atoms with E-state index in [1.165, 1.54) is 24.3 Å². The molecule has 0 aliphatic rings. The molecule has 0 heterocycles. The Bertz CT molecular complexity index is 593. The van der Waals surface area contributed by atoms with Crippen LogP contribution in [0.25, 0.3) is 0 Å². The summed E-state index contributed by atoms with van der Waals surface area (Å²) in [6.07, 6.45) is 0.241. The summed E-state index contributed by atoms with van der Waals surface area (Å²) in [5.74, 6) is 0.971. The molecule has 0 bridgehead atoms. The molecule has 21 heavy (non-hydrogen) atoms. The molecular weight excluding hydrogens is 271 g/mol. The third-order valence-corrected chi connectivity index (χ3v) is 2.88. The molecule has 0 unspecified atom stereocenters. The van der Waals surface area contributed by atoms with Gasteiger partial charge in [0.15, 0.2) is 5.78 Å². The van der Waals surface area contributed by atoms with E-state index in [1.54, 1.807) is 6.07 Å². The van der Waals surface area contributed by atoms with Gasteiger partial charge in [0.1, 0.15) is 17.3 Å². The van der Waals surface area contributed by atoms with Gasteiger partial charge in [0, 0.05) is 18.1 Å². The molecule has 4 heteroatoms. The Kier molecular flexibility index (Phi) is 5.32. The Morgan fingerprint density at radius 1 is 1.05 bits per heavy atom.